The third-order valence-electron chi connectivity index (χ3n) is 3.07. The van der Waals surface area contributed by atoms with Gasteiger partial charge in [0.1, 0.15) is 0 Å². The van der Waals surface area contributed by atoms with E-state index in [-0.39, 0.29) is 0 Å². The highest BCUT2D eigenvalue weighted by atomic mass is 79.9. The predicted molar refractivity (Wildman–Crippen MR) is 79.8 cm³/mol. The van der Waals surface area contributed by atoms with Crippen LogP contribution in [-0.2, 0) is 6.54 Å². The lowest BCUT2D eigenvalue weighted by Crippen LogP contribution is -2.39. The molecule has 0 radical (unpaired) electrons. The van der Waals surface area contributed by atoms with Gasteiger partial charge in [0.05, 0.1) is 6.54 Å². The molecule has 0 aromatic heterocycles. The summed E-state index contributed by atoms with van der Waals surface area (Å²) in [7, 11) is 0. The second kappa shape index (κ2) is 6.78. The van der Waals surface area contributed by atoms with Gasteiger partial charge in [-0.05, 0) is 37.5 Å². The van der Waals surface area contributed by atoms with Crippen molar-refractivity contribution < 1.29 is 0 Å². The largest absolute Gasteiger partial charge is 0.357 e. The Bertz CT molecular complexity index is 394. The summed E-state index contributed by atoms with van der Waals surface area (Å²) in [6.45, 7) is 6.05. The van der Waals surface area contributed by atoms with Gasteiger partial charge >= 0.3 is 0 Å². The Labute approximate surface area is 117 Å². The van der Waals surface area contributed by atoms with Crippen LogP contribution in [0.3, 0.4) is 0 Å². The van der Waals surface area contributed by atoms with Crippen LogP contribution in [0.5, 0.6) is 0 Å². The molecule has 0 amide bonds. The maximum atomic E-state index is 4.71. The third kappa shape index (κ3) is 3.73. The molecule has 1 aliphatic heterocycles. The van der Waals surface area contributed by atoms with Gasteiger partial charge in [-0.1, -0.05) is 28.1 Å². The molecule has 4 heteroatoms. The molecule has 0 bridgehead atoms. The van der Waals surface area contributed by atoms with Crippen LogP contribution in [0.15, 0.2) is 33.7 Å². The van der Waals surface area contributed by atoms with Crippen LogP contribution >= 0.6 is 15.9 Å². The van der Waals surface area contributed by atoms with Gasteiger partial charge in [-0.15, -0.1) is 0 Å². The van der Waals surface area contributed by atoms with Crippen molar-refractivity contribution in [2.45, 2.75) is 26.3 Å². The topological polar surface area (TPSA) is 27.6 Å². The number of hydrogen-bond acceptors (Lipinski definition) is 1. The highest BCUT2D eigenvalue weighted by molar-refractivity contribution is 9.10. The van der Waals surface area contributed by atoms with Crippen LogP contribution in [0.4, 0.5) is 0 Å². The number of nitrogens with zero attached hydrogens (tertiary/aromatic N) is 2. The van der Waals surface area contributed by atoms with Gasteiger partial charge in [0, 0.05) is 24.1 Å². The smallest absolute Gasteiger partial charge is 0.194 e. The van der Waals surface area contributed by atoms with Gasteiger partial charge in [-0.25, -0.2) is 4.99 Å². The highest BCUT2D eigenvalue weighted by Crippen LogP contribution is 2.12. The molecule has 3 nitrogen and oxygen atoms in total. The van der Waals surface area contributed by atoms with Crippen molar-refractivity contribution in [2.75, 3.05) is 19.6 Å². The Morgan fingerprint density at radius 1 is 1.28 bits per heavy atom. The van der Waals surface area contributed by atoms with Gasteiger partial charge < -0.3 is 10.2 Å². The Morgan fingerprint density at radius 3 is 2.56 bits per heavy atom. The fraction of sp³-hybridized carbons (Fsp3) is 0.500. The molecule has 1 aromatic carbocycles. The summed E-state index contributed by atoms with van der Waals surface area (Å²) in [5.41, 5.74) is 1.24. The summed E-state index contributed by atoms with van der Waals surface area (Å²) in [5.74, 6) is 1.05. The Kier molecular flexibility index (Phi) is 5.05. The number of rotatable bonds is 3. The van der Waals surface area contributed by atoms with E-state index in [2.05, 4.69) is 57.3 Å². The average molecular weight is 310 g/mol. The van der Waals surface area contributed by atoms with Crippen molar-refractivity contribution in [3.8, 4) is 0 Å². The van der Waals surface area contributed by atoms with Gasteiger partial charge in [0.15, 0.2) is 5.96 Å². The number of benzene rings is 1. The first-order valence-electron chi connectivity index (χ1n) is 6.57. The predicted octanol–water partition coefficient (Wildman–Crippen LogP) is 3.01. The molecule has 1 aromatic rings. The van der Waals surface area contributed by atoms with Crippen LogP contribution in [0.1, 0.15) is 25.3 Å². The summed E-state index contributed by atoms with van der Waals surface area (Å²) in [5, 5.41) is 3.37. The molecule has 2 rings (SSSR count). The molecule has 0 aliphatic carbocycles. The van der Waals surface area contributed by atoms with Crippen molar-refractivity contribution in [3.63, 3.8) is 0 Å². The summed E-state index contributed by atoms with van der Waals surface area (Å²) in [6, 6.07) is 8.35. The lowest BCUT2D eigenvalue weighted by atomic mass is 10.2. The van der Waals surface area contributed by atoms with Gasteiger partial charge in [-0.2, -0.15) is 0 Å². The minimum absolute atomic E-state index is 0.742. The molecule has 0 atom stereocenters. The van der Waals surface area contributed by atoms with E-state index in [1.807, 2.05) is 0 Å². The first kappa shape index (κ1) is 13.4. The van der Waals surface area contributed by atoms with E-state index in [1.165, 1.54) is 18.4 Å². The maximum Gasteiger partial charge on any atom is 0.194 e. The first-order chi connectivity index (χ1) is 8.79. The van der Waals surface area contributed by atoms with Gasteiger partial charge in [0.2, 0.25) is 0 Å². The van der Waals surface area contributed by atoms with Crippen molar-refractivity contribution >= 4 is 21.9 Å². The zero-order chi connectivity index (χ0) is 12.8. The molecule has 1 aliphatic rings. The van der Waals surface area contributed by atoms with Crippen molar-refractivity contribution in [1.29, 1.82) is 0 Å². The first-order valence-corrected chi connectivity index (χ1v) is 7.36. The van der Waals surface area contributed by atoms with E-state index < -0.39 is 0 Å². The molecule has 1 fully saturated rings. The minimum atomic E-state index is 0.742. The maximum absolute atomic E-state index is 4.71. The molecule has 18 heavy (non-hydrogen) atoms. The normalized spacial score (nSPS) is 16.1. The fourth-order valence-corrected chi connectivity index (χ4v) is 2.38. The van der Waals surface area contributed by atoms with Crippen molar-refractivity contribution in [2.24, 2.45) is 4.99 Å². The second-order valence-corrected chi connectivity index (χ2v) is 5.41. The summed E-state index contributed by atoms with van der Waals surface area (Å²) in [6.07, 6.45) is 2.56. The number of aliphatic imine (C=N–C) groups is 1. The number of halogens is 1. The number of nitrogens with one attached hydrogen (secondary N) is 1. The third-order valence-corrected chi connectivity index (χ3v) is 3.59. The second-order valence-electron chi connectivity index (χ2n) is 4.49. The van der Waals surface area contributed by atoms with Crippen LogP contribution in [-0.4, -0.2) is 30.5 Å². The van der Waals surface area contributed by atoms with E-state index in [0.29, 0.717) is 0 Å². The Morgan fingerprint density at radius 2 is 1.94 bits per heavy atom. The highest BCUT2D eigenvalue weighted by Gasteiger charge is 2.15. The molecule has 0 unspecified atom stereocenters. The molecular formula is C14H20BrN3. The van der Waals surface area contributed by atoms with Crippen LogP contribution in [0.25, 0.3) is 0 Å². The number of hydrogen-bond donors (Lipinski definition) is 1. The molecular weight excluding hydrogens is 290 g/mol. The Balaban J connectivity index is 2.00. The van der Waals surface area contributed by atoms with Gasteiger partial charge in [-0.3, -0.25) is 0 Å². The van der Waals surface area contributed by atoms with Crippen LogP contribution in [0.2, 0.25) is 0 Å². The minimum Gasteiger partial charge on any atom is -0.357 e. The summed E-state index contributed by atoms with van der Waals surface area (Å²) in [4.78, 5) is 7.06. The molecule has 0 spiro atoms. The lowest BCUT2D eigenvalue weighted by Gasteiger charge is -2.20. The van der Waals surface area contributed by atoms with Crippen LogP contribution < -0.4 is 5.32 Å². The molecule has 1 heterocycles. The van der Waals surface area contributed by atoms with Crippen LogP contribution in [0, 0.1) is 0 Å². The van der Waals surface area contributed by atoms with E-state index in [4.69, 9.17) is 4.99 Å². The van der Waals surface area contributed by atoms with E-state index in [1.54, 1.807) is 0 Å². The average Bonchev–Trinajstić information content (AvgIpc) is 2.90. The molecule has 1 N–H and O–H groups in total. The lowest BCUT2D eigenvalue weighted by molar-refractivity contribution is 0.493. The zero-order valence-electron chi connectivity index (χ0n) is 10.8. The standard InChI is InChI=1S/C14H20BrN3/c1-2-16-14(18-9-3-4-10-18)17-11-12-5-7-13(15)8-6-12/h5-8H,2-4,9-11H2,1H3,(H,16,17). The van der Waals surface area contributed by atoms with Gasteiger partial charge in [0.25, 0.3) is 0 Å². The number of guanidine groups is 1. The Hall–Kier alpha value is -1.03. The van der Waals surface area contributed by atoms with E-state index in [9.17, 15) is 0 Å². The fourth-order valence-electron chi connectivity index (χ4n) is 2.11. The number of likely N-dealkylation sites (tertiary alicyclic amines) is 1. The van der Waals surface area contributed by atoms with Crippen molar-refractivity contribution in [3.05, 3.63) is 34.3 Å². The summed E-state index contributed by atoms with van der Waals surface area (Å²) >= 11 is 3.45. The summed E-state index contributed by atoms with van der Waals surface area (Å²) < 4.78 is 1.11. The molecule has 0 saturated carbocycles. The quantitative estimate of drug-likeness (QED) is 0.686. The monoisotopic (exact) mass is 309 g/mol. The van der Waals surface area contributed by atoms with E-state index >= 15 is 0 Å². The zero-order valence-corrected chi connectivity index (χ0v) is 12.4. The molecule has 1 saturated heterocycles. The van der Waals surface area contributed by atoms with E-state index in [0.717, 1.165) is 36.6 Å². The van der Waals surface area contributed by atoms with Crippen molar-refractivity contribution in [1.82, 2.24) is 10.2 Å². The SMILES string of the molecule is CCNC(=NCc1ccc(Br)cc1)N1CCCC1. The molecule has 98 valence electrons.